The van der Waals surface area contributed by atoms with E-state index >= 15 is 0 Å². The van der Waals surface area contributed by atoms with Gasteiger partial charge in [0, 0.05) is 24.9 Å². The normalized spacial score (nSPS) is 18.1. The third-order valence-corrected chi connectivity index (χ3v) is 4.62. The summed E-state index contributed by atoms with van der Waals surface area (Å²) in [5.41, 5.74) is 1.70. The van der Waals surface area contributed by atoms with Gasteiger partial charge in [0.2, 0.25) is 5.76 Å². The van der Waals surface area contributed by atoms with Crippen LogP contribution >= 0.6 is 0 Å². The summed E-state index contributed by atoms with van der Waals surface area (Å²) < 4.78 is 11.0. The van der Waals surface area contributed by atoms with Gasteiger partial charge in [-0.1, -0.05) is 18.5 Å². The highest BCUT2D eigenvalue weighted by molar-refractivity contribution is 5.91. The van der Waals surface area contributed by atoms with Gasteiger partial charge in [-0.2, -0.15) is 0 Å². The van der Waals surface area contributed by atoms with Crippen LogP contribution in [0.3, 0.4) is 0 Å². The van der Waals surface area contributed by atoms with Gasteiger partial charge in [-0.05, 0) is 19.3 Å². The fraction of sp³-hybridized carbons (Fsp3) is 0.562. The Morgan fingerprint density at radius 1 is 1.45 bits per heavy atom. The first-order valence-electron chi connectivity index (χ1n) is 7.98. The zero-order valence-electron chi connectivity index (χ0n) is 12.7. The molecule has 3 heterocycles. The molecular formula is C16H19N3O3. The van der Waals surface area contributed by atoms with Crippen molar-refractivity contribution in [1.82, 2.24) is 15.0 Å². The molecule has 6 heteroatoms. The van der Waals surface area contributed by atoms with Crippen LogP contribution in [0.4, 0.5) is 0 Å². The highest BCUT2D eigenvalue weighted by atomic mass is 16.5. The van der Waals surface area contributed by atoms with E-state index in [2.05, 4.69) is 10.1 Å². The van der Waals surface area contributed by atoms with Gasteiger partial charge in [-0.15, -0.1) is 0 Å². The molecule has 2 aromatic heterocycles. The predicted octanol–water partition coefficient (Wildman–Crippen LogP) is 2.69. The minimum Gasteiger partial charge on any atom is -0.445 e. The summed E-state index contributed by atoms with van der Waals surface area (Å²) in [5.74, 6) is 2.47. The Labute approximate surface area is 128 Å². The van der Waals surface area contributed by atoms with E-state index in [-0.39, 0.29) is 5.91 Å². The first-order valence-corrected chi connectivity index (χ1v) is 7.98. The predicted molar refractivity (Wildman–Crippen MR) is 77.4 cm³/mol. The third kappa shape index (κ3) is 2.23. The third-order valence-electron chi connectivity index (χ3n) is 4.62. The van der Waals surface area contributed by atoms with Gasteiger partial charge in [-0.25, -0.2) is 4.98 Å². The Morgan fingerprint density at radius 2 is 2.32 bits per heavy atom. The van der Waals surface area contributed by atoms with Crippen LogP contribution in [-0.2, 0) is 19.4 Å². The Bertz CT molecular complexity index is 699. The summed E-state index contributed by atoms with van der Waals surface area (Å²) in [6, 6.07) is 1.72. The van der Waals surface area contributed by atoms with Gasteiger partial charge in [0.25, 0.3) is 5.91 Å². The second-order valence-electron chi connectivity index (χ2n) is 6.06. The smallest absolute Gasteiger partial charge is 0.292 e. The van der Waals surface area contributed by atoms with Crippen molar-refractivity contribution in [3.05, 3.63) is 34.9 Å². The van der Waals surface area contributed by atoms with Crippen LogP contribution in [0.15, 0.2) is 15.0 Å². The van der Waals surface area contributed by atoms with Gasteiger partial charge in [-0.3, -0.25) is 4.79 Å². The van der Waals surface area contributed by atoms with Crippen molar-refractivity contribution < 1.29 is 13.7 Å². The van der Waals surface area contributed by atoms with Crippen LogP contribution < -0.4 is 0 Å². The number of hydrogen-bond donors (Lipinski definition) is 0. The number of aromatic nitrogens is 2. The number of nitrogens with zero attached hydrogens (tertiary/aromatic N) is 3. The van der Waals surface area contributed by atoms with E-state index in [0.29, 0.717) is 24.8 Å². The number of rotatable bonds is 3. The molecule has 0 bridgehead atoms. The Balaban J connectivity index is 1.51. The fourth-order valence-corrected chi connectivity index (χ4v) is 2.96. The molecule has 1 aliphatic heterocycles. The summed E-state index contributed by atoms with van der Waals surface area (Å²) in [5, 5.41) is 3.88. The summed E-state index contributed by atoms with van der Waals surface area (Å²) in [4.78, 5) is 18.9. The molecule has 116 valence electrons. The lowest BCUT2D eigenvalue weighted by molar-refractivity contribution is 0.0685. The number of aryl methyl sites for hydroxylation is 1. The van der Waals surface area contributed by atoms with Crippen molar-refractivity contribution in [3.8, 4) is 0 Å². The molecule has 1 saturated carbocycles. The minimum absolute atomic E-state index is 0.119. The lowest BCUT2D eigenvalue weighted by atomic mass is 9.85. The number of fused-ring (bicyclic) bond motifs is 1. The quantitative estimate of drug-likeness (QED) is 0.871. The van der Waals surface area contributed by atoms with Gasteiger partial charge >= 0.3 is 0 Å². The van der Waals surface area contributed by atoms with Gasteiger partial charge in [0.15, 0.2) is 5.89 Å². The SMILES string of the molecule is CCc1cc(C(=O)N2CCc3oc(C4CCC4)nc3C2)on1. The maximum Gasteiger partial charge on any atom is 0.292 e. The Kier molecular flexibility index (Phi) is 3.24. The van der Waals surface area contributed by atoms with Crippen molar-refractivity contribution in [3.63, 3.8) is 0 Å². The number of hydrogen-bond acceptors (Lipinski definition) is 5. The number of carbonyl (C=O) groups is 1. The first-order chi connectivity index (χ1) is 10.7. The highest BCUT2D eigenvalue weighted by Crippen LogP contribution is 2.37. The van der Waals surface area contributed by atoms with Gasteiger partial charge in [0.05, 0.1) is 12.2 Å². The maximum absolute atomic E-state index is 12.5. The molecule has 0 N–H and O–H groups in total. The van der Waals surface area contributed by atoms with E-state index in [4.69, 9.17) is 8.94 Å². The average molecular weight is 301 g/mol. The van der Waals surface area contributed by atoms with Crippen molar-refractivity contribution in [2.75, 3.05) is 6.54 Å². The molecule has 1 aliphatic carbocycles. The second-order valence-corrected chi connectivity index (χ2v) is 6.06. The molecule has 0 aromatic carbocycles. The van der Waals surface area contributed by atoms with Gasteiger partial charge < -0.3 is 13.8 Å². The van der Waals surface area contributed by atoms with Crippen LogP contribution in [0.2, 0.25) is 0 Å². The topological polar surface area (TPSA) is 72.4 Å². The molecule has 1 fully saturated rings. The highest BCUT2D eigenvalue weighted by Gasteiger charge is 2.31. The van der Waals surface area contributed by atoms with Crippen molar-refractivity contribution >= 4 is 5.91 Å². The molecule has 1 amide bonds. The lowest BCUT2D eigenvalue weighted by Crippen LogP contribution is -2.35. The second kappa shape index (κ2) is 5.26. The van der Waals surface area contributed by atoms with Crippen LogP contribution in [0.25, 0.3) is 0 Å². The minimum atomic E-state index is -0.119. The average Bonchev–Trinajstić information content (AvgIpc) is 3.10. The van der Waals surface area contributed by atoms with E-state index in [0.717, 1.165) is 35.9 Å². The monoisotopic (exact) mass is 301 g/mol. The van der Waals surface area contributed by atoms with E-state index < -0.39 is 0 Å². The zero-order chi connectivity index (χ0) is 15.1. The lowest BCUT2D eigenvalue weighted by Gasteiger charge is -2.23. The zero-order valence-corrected chi connectivity index (χ0v) is 12.7. The van der Waals surface area contributed by atoms with E-state index in [1.807, 2.05) is 6.92 Å². The standard InChI is InChI=1S/C16H19N3O3/c1-2-11-8-14(22-18-11)16(20)19-7-6-13-12(9-19)17-15(21-13)10-4-3-5-10/h8,10H,2-7,9H2,1H3. The summed E-state index contributed by atoms with van der Waals surface area (Å²) in [6.45, 7) is 3.11. The molecule has 0 spiro atoms. The molecular weight excluding hydrogens is 282 g/mol. The van der Waals surface area contributed by atoms with E-state index in [1.165, 1.54) is 19.3 Å². The molecule has 0 atom stereocenters. The van der Waals surface area contributed by atoms with Crippen molar-refractivity contribution in [2.45, 2.75) is 51.5 Å². The number of oxazole rings is 1. The van der Waals surface area contributed by atoms with Crippen LogP contribution in [-0.4, -0.2) is 27.5 Å². The number of carbonyl (C=O) groups excluding carboxylic acids is 1. The van der Waals surface area contributed by atoms with Crippen molar-refractivity contribution in [1.29, 1.82) is 0 Å². The van der Waals surface area contributed by atoms with Crippen LogP contribution in [0.5, 0.6) is 0 Å². The molecule has 4 rings (SSSR count). The molecule has 0 saturated heterocycles. The summed E-state index contributed by atoms with van der Waals surface area (Å²) >= 11 is 0. The molecule has 22 heavy (non-hydrogen) atoms. The van der Waals surface area contributed by atoms with Crippen molar-refractivity contribution in [2.24, 2.45) is 0 Å². The molecule has 2 aliphatic rings. The molecule has 2 aromatic rings. The fourth-order valence-electron chi connectivity index (χ4n) is 2.96. The molecule has 0 unspecified atom stereocenters. The van der Waals surface area contributed by atoms with Crippen LogP contribution in [0, 0.1) is 0 Å². The van der Waals surface area contributed by atoms with E-state index in [9.17, 15) is 4.79 Å². The number of amides is 1. The van der Waals surface area contributed by atoms with Crippen LogP contribution in [0.1, 0.15) is 65.7 Å². The summed E-state index contributed by atoms with van der Waals surface area (Å²) in [6.07, 6.45) is 5.07. The Morgan fingerprint density at radius 3 is 3.00 bits per heavy atom. The Hall–Kier alpha value is -2.11. The molecule has 6 nitrogen and oxygen atoms in total. The molecule has 0 radical (unpaired) electrons. The summed E-state index contributed by atoms with van der Waals surface area (Å²) in [7, 11) is 0. The van der Waals surface area contributed by atoms with Gasteiger partial charge in [0.1, 0.15) is 11.5 Å². The van der Waals surface area contributed by atoms with E-state index in [1.54, 1.807) is 11.0 Å². The maximum atomic E-state index is 12.5. The first kappa shape index (κ1) is 13.5. The largest absolute Gasteiger partial charge is 0.445 e.